The van der Waals surface area contributed by atoms with Crippen molar-refractivity contribution in [3.63, 3.8) is 0 Å². The van der Waals surface area contributed by atoms with Crippen molar-refractivity contribution in [1.82, 2.24) is 0 Å². The first kappa shape index (κ1) is 19.7. The van der Waals surface area contributed by atoms with E-state index in [-0.39, 0.29) is 18.4 Å². The van der Waals surface area contributed by atoms with Crippen molar-refractivity contribution in [3.8, 4) is 5.75 Å². The Morgan fingerprint density at radius 3 is 2.13 bits per heavy atom. The van der Waals surface area contributed by atoms with Gasteiger partial charge in [-0.25, -0.2) is 0 Å². The van der Waals surface area contributed by atoms with Crippen LogP contribution in [-0.2, 0) is 9.59 Å². The lowest BCUT2D eigenvalue weighted by Crippen LogP contribution is -2.56. The molecule has 0 aliphatic carbocycles. The minimum atomic E-state index is -0.734. The van der Waals surface area contributed by atoms with Crippen LogP contribution in [-0.4, -0.2) is 25.5 Å². The van der Waals surface area contributed by atoms with Crippen molar-refractivity contribution in [2.75, 3.05) is 23.5 Å². The van der Waals surface area contributed by atoms with Gasteiger partial charge in [0.25, 0.3) is 5.91 Å². The predicted molar refractivity (Wildman–Crippen MR) is 118 cm³/mol. The molecule has 2 amide bonds. The molecule has 1 saturated heterocycles. The number of amides is 2. The summed E-state index contributed by atoms with van der Waals surface area (Å²) < 4.78 is 5.23. The Kier molecular flexibility index (Phi) is 5.27. The predicted octanol–water partition coefficient (Wildman–Crippen LogP) is 4.43. The maximum atomic E-state index is 13.7. The summed E-state index contributed by atoms with van der Waals surface area (Å²) >= 11 is 0. The van der Waals surface area contributed by atoms with E-state index in [1.165, 1.54) is 0 Å². The van der Waals surface area contributed by atoms with Gasteiger partial charge in [-0.2, -0.15) is 0 Å². The van der Waals surface area contributed by atoms with Gasteiger partial charge >= 0.3 is 0 Å². The number of carbonyl (C=O) groups is 2. The van der Waals surface area contributed by atoms with Gasteiger partial charge in [-0.15, -0.1) is 0 Å². The van der Waals surface area contributed by atoms with Gasteiger partial charge in [0.05, 0.1) is 7.11 Å². The van der Waals surface area contributed by atoms with Crippen LogP contribution in [0.15, 0.2) is 72.8 Å². The van der Waals surface area contributed by atoms with E-state index in [1.807, 2.05) is 74.5 Å². The van der Waals surface area contributed by atoms with Gasteiger partial charge < -0.3 is 9.64 Å². The molecular formula is C25H24N2O3. The zero-order valence-electron chi connectivity index (χ0n) is 17.3. The summed E-state index contributed by atoms with van der Waals surface area (Å²) in [6.45, 7) is 4.03. The molecule has 1 heterocycles. The molecule has 0 N–H and O–H groups in total. The minimum absolute atomic E-state index is 0.00328. The number of aryl methyl sites for hydroxylation is 2. The second-order valence-corrected chi connectivity index (χ2v) is 7.47. The van der Waals surface area contributed by atoms with Crippen LogP contribution < -0.4 is 14.5 Å². The number of nitrogens with zero attached hydrogens (tertiary/aromatic N) is 2. The molecule has 0 aromatic heterocycles. The lowest BCUT2D eigenvalue weighted by molar-refractivity contribution is -0.128. The number of carbonyl (C=O) groups excluding carboxylic acids is 2. The van der Waals surface area contributed by atoms with Crippen molar-refractivity contribution in [1.29, 1.82) is 0 Å². The molecule has 152 valence electrons. The smallest absolute Gasteiger partial charge is 0.255 e. The fourth-order valence-electron chi connectivity index (χ4n) is 3.77. The van der Waals surface area contributed by atoms with E-state index in [0.717, 1.165) is 22.4 Å². The molecule has 1 aliphatic rings. The highest BCUT2D eigenvalue weighted by atomic mass is 16.5. The van der Waals surface area contributed by atoms with Crippen LogP contribution in [0.2, 0.25) is 0 Å². The lowest BCUT2D eigenvalue weighted by atomic mass is 9.99. The molecule has 0 saturated carbocycles. The van der Waals surface area contributed by atoms with Crippen LogP contribution >= 0.6 is 0 Å². The van der Waals surface area contributed by atoms with Crippen molar-refractivity contribution in [2.45, 2.75) is 19.9 Å². The first-order valence-corrected chi connectivity index (χ1v) is 9.89. The number of rotatable bonds is 4. The highest BCUT2D eigenvalue weighted by Gasteiger charge is 2.41. The Balaban J connectivity index is 1.79. The van der Waals surface area contributed by atoms with E-state index in [9.17, 15) is 9.59 Å². The second kappa shape index (κ2) is 8.03. The summed E-state index contributed by atoms with van der Waals surface area (Å²) in [6.07, 6.45) is 0. The molecule has 0 radical (unpaired) electrons. The Labute approximate surface area is 176 Å². The molecule has 1 fully saturated rings. The van der Waals surface area contributed by atoms with Crippen LogP contribution in [0, 0.1) is 13.8 Å². The highest BCUT2D eigenvalue weighted by Crippen LogP contribution is 2.35. The normalized spacial score (nSPS) is 16.7. The Morgan fingerprint density at radius 2 is 1.50 bits per heavy atom. The fraction of sp³-hybridized carbons (Fsp3) is 0.200. The van der Waals surface area contributed by atoms with Crippen LogP contribution in [0.25, 0.3) is 0 Å². The number of anilines is 2. The summed E-state index contributed by atoms with van der Waals surface area (Å²) in [5.41, 5.74) is 4.42. The minimum Gasteiger partial charge on any atom is -0.497 e. The van der Waals surface area contributed by atoms with Crippen LogP contribution in [0.5, 0.6) is 5.75 Å². The monoisotopic (exact) mass is 400 g/mol. The Bertz CT molecular complexity index is 1080. The van der Waals surface area contributed by atoms with E-state index in [0.29, 0.717) is 11.4 Å². The van der Waals surface area contributed by atoms with Gasteiger partial charge in [0.15, 0.2) is 0 Å². The van der Waals surface area contributed by atoms with Gasteiger partial charge in [0.2, 0.25) is 5.91 Å². The van der Waals surface area contributed by atoms with Crippen molar-refractivity contribution < 1.29 is 14.3 Å². The van der Waals surface area contributed by atoms with Crippen molar-refractivity contribution >= 4 is 23.2 Å². The molecule has 0 bridgehead atoms. The van der Waals surface area contributed by atoms with E-state index in [1.54, 1.807) is 29.0 Å². The van der Waals surface area contributed by atoms with Crippen molar-refractivity contribution in [2.24, 2.45) is 0 Å². The average Bonchev–Trinajstić information content (AvgIpc) is 2.77. The third-order valence-corrected chi connectivity index (χ3v) is 5.59. The molecule has 0 spiro atoms. The van der Waals surface area contributed by atoms with Gasteiger partial charge in [0.1, 0.15) is 18.3 Å². The van der Waals surface area contributed by atoms with Crippen LogP contribution in [0.1, 0.15) is 22.7 Å². The first-order chi connectivity index (χ1) is 14.5. The highest BCUT2D eigenvalue weighted by molar-refractivity contribution is 6.14. The maximum absolute atomic E-state index is 13.7. The number of hydrogen-bond acceptors (Lipinski definition) is 3. The zero-order chi connectivity index (χ0) is 21.3. The zero-order valence-corrected chi connectivity index (χ0v) is 17.3. The topological polar surface area (TPSA) is 49.9 Å². The summed E-state index contributed by atoms with van der Waals surface area (Å²) in [6, 6.07) is 21.8. The SMILES string of the molecule is COc1ccc(N2C(=O)CN(c3ccc(C)c(C)c3)C(=O)C2c2ccccc2)cc1. The van der Waals surface area contributed by atoms with E-state index in [4.69, 9.17) is 4.74 Å². The lowest BCUT2D eigenvalue weighted by Gasteiger charge is -2.40. The Morgan fingerprint density at radius 1 is 0.833 bits per heavy atom. The van der Waals surface area contributed by atoms with Crippen LogP contribution in [0.3, 0.4) is 0 Å². The number of ether oxygens (including phenoxy) is 1. The number of piperazine rings is 1. The van der Waals surface area contributed by atoms with Gasteiger partial charge in [-0.05, 0) is 66.9 Å². The van der Waals surface area contributed by atoms with E-state index >= 15 is 0 Å². The molecule has 1 aliphatic heterocycles. The van der Waals surface area contributed by atoms with Crippen LogP contribution in [0.4, 0.5) is 11.4 Å². The van der Waals surface area contributed by atoms with E-state index < -0.39 is 6.04 Å². The maximum Gasteiger partial charge on any atom is 0.255 e. The molecule has 3 aromatic carbocycles. The number of methoxy groups -OCH3 is 1. The number of benzene rings is 3. The third kappa shape index (κ3) is 3.54. The molecule has 4 rings (SSSR count). The van der Waals surface area contributed by atoms with E-state index in [2.05, 4.69) is 0 Å². The fourth-order valence-corrected chi connectivity index (χ4v) is 3.77. The quantitative estimate of drug-likeness (QED) is 0.651. The molecule has 30 heavy (non-hydrogen) atoms. The summed E-state index contributed by atoms with van der Waals surface area (Å²) in [7, 11) is 1.60. The first-order valence-electron chi connectivity index (χ1n) is 9.89. The summed E-state index contributed by atoms with van der Waals surface area (Å²) in [5, 5.41) is 0. The molecule has 5 nitrogen and oxygen atoms in total. The van der Waals surface area contributed by atoms with Crippen molar-refractivity contribution in [3.05, 3.63) is 89.5 Å². The van der Waals surface area contributed by atoms with Gasteiger partial charge in [0, 0.05) is 11.4 Å². The molecule has 3 aromatic rings. The second-order valence-electron chi connectivity index (χ2n) is 7.47. The number of hydrogen-bond donors (Lipinski definition) is 0. The standard InChI is InChI=1S/C25H24N2O3/c1-17-9-10-21(15-18(17)2)26-16-23(28)27(20-11-13-22(30-3)14-12-20)24(25(26)29)19-7-5-4-6-8-19/h4-15,24H,16H2,1-3H3. The molecular weight excluding hydrogens is 376 g/mol. The average molecular weight is 400 g/mol. The summed E-state index contributed by atoms with van der Waals surface area (Å²) in [4.78, 5) is 30.2. The largest absolute Gasteiger partial charge is 0.497 e. The third-order valence-electron chi connectivity index (χ3n) is 5.59. The molecule has 1 atom stereocenters. The Hall–Kier alpha value is -3.60. The van der Waals surface area contributed by atoms with Gasteiger partial charge in [-0.3, -0.25) is 14.5 Å². The summed E-state index contributed by atoms with van der Waals surface area (Å²) in [5.74, 6) is 0.439. The molecule has 5 heteroatoms. The molecule has 1 unspecified atom stereocenters. The van der Waals surface area contributed by atoms with Gasteiger partial charge in [-0.1, -0.05) is 36.4 Å².